The van der Waals surface area contributed by atoms with Crippen LogP contribution in [0.15, 0.2) is 23.8 Å². The summed E-state index contributed by atoms with van der Waals surface area (Å²) >= 11 is 0. The standard InChI is InChI=1S/C20H28FNO3/c1-19(2,3)25-18(23)22-16-8-15(9-20(16)10-17(20)22)24-12-14-6-4-13(11-21)5-7-14/h4,6-7,13,15-17H,5,8-12H2,1-3H3. The Hall–Kier alpha value is -1.36. The van der Waals surface area contributed by atoms with Crippen molar-refractivity contribution in [2.24, 2.45) is 11.3 Å². The van der Waals surface area contributed by atoms with E-state index in [-0.39, 0.29) is 30.8 Å². The number of alkyl halides is 1. The number of ether oxygens (including phenoxy) is 2. The number of nitrogens with zero attached hydrogens (tertiary/aromatic N) is 1. The first-order chi connectivity index (χ1) is 11.8. The van der Waals surface area contributed by atoms with Crippen LogP contribution in [-0.4, -0.2) is 48.1 Å². The van der Waals surface area contributed by atoms with Gasteiger partial charge in [-0.1, -0.05) is 18.2 Å². The zero-order chi connectivity index (χ0) is 17.8. The van der Waals surface area contributed by atoms with Crippen LogP contribution in [0.4, 0.5) is 9.18 Å². The van der Waals surface area contributed by atoms with Gasteiger partial charge in [0.2, 0.25) is 0 Å². The lowest BCUT2D eigenvalue weighted by Gasteiger charge is -2.43. The van der Waals surface area contributed by atoms with Gasteiger partial charge in [-0.05, 0) is 52.0 Å². The van der Waals surface area contributed by atoms with Crippen molar-refractivity contribution in [3.8, 4) is 0 Å². The van der Waals surface area contributed by atoms with Crippen LogP contribution in [0.25, 0.3) is 0 Å². The summed E-state index contributed by atoms with van der Waals surface area (Å²) in [7, 11) is 0. The molecule has 1 saturated heterocycles. The molecule has 5 heteroatoms. The highest BCUT2D eigenvalue weighted by Gasteiger charge is 2.77. The first kappa shape index (κ1) is 17.1. The highest BCUT2D eigenvalue weighted by molar-refractivity contribution is 5.73. The number of allylic oxidation sites excluding steroid dienone is 2. The van der Waals surface area contributed by atoms with E-state index in [0.29, 0.717) is 18.1 Å². The normalized spacial score (nSPS) is 38.6. The van der Waals surface area contributed by atoms with Crippen LogP contribution >= 0.6 is 0 Å². The Bertz CT molecular complexity index is 623. The second kappa shape index (κ2) is 5.83. The Morgan fingerprint density at radius 1 is 1.36 bits per heavy atom. The molecule has 5 atom stereocenters. The number of carbonyl (C=O) groups is 1. The SMILES string of the molecule is CC(C)(C)OC(=O)N1C2CC(OCC3=CCC(CF)C=C3)CC23CC13. The van der Waals surface area contributed by atoms with Crippen molar-refractivity contribution >= 4 is 6.09 Å². The first-order valence-corrected chi connectivity index (χ1v) is 9.38. The van der Waals surface area contributed by atoms with E-state index < -0.39 is 5.60 Å². The molecule has 5 unspecified atom stereocenters. The summed E-state index contributed by atoms with van der Waals surface area (Å²) in [5.74, 6) is 0.0274. The third-order valence-corrected chi connectivity index (χ3v) is 6.06. The molecule has 1 heterocycles. The molecule has 0 radical (unpaired) electrons. The fourth-order valence-electron chi connectivity index (χ4n) is 4.75. The van der Waals surface area contributed by atoms with E-state index in [4.69, 9.17) is 9.47 Å². The molecule has 0 bridgehead atoms. The Balaban J connectivity index is 1.29. The van der Waals surface area contributed by atoms with Crippen molar-refractivity contribution in [2.75, 3.05) is 13.3 Å². The minimum atomic E-state index is -0.448. The maximum Gasteiger partial charge on any atom is 0.410 e. The van der Waals surface area contributed by atoms with Crippen LogP contribution in [0.2, 0.25) is 0 Å². The average Bonchev–Trinajstić information content (AvgIpc) is 3.02. The van der Waals surface area contributed by atoms with Gasteiger partial charge in [0.15, 0.2) is 0 Å². The summed E-state index contributed by atoms with van der Waals surface area (Å²) in [4.78, 5) is 14.3. The Kier molecular flexibility index (Phi) is 3.98. The van der Waals surface area contributed by atoms with Gasteiger partial charge in [-0.15, -0.1) is 0 Å². The third kappa shape index (κ3) is 3.01. The predicted octanol–water partition coefficient (Wildman–Crippen LogP) is 4.02. The molecule has 3 fully saturated rings. The summed E-state index contributed by atoms with van der Waals surface area (Å²) in [6.07, 6.45) is 9.85. The highest BCUT2D eigenvalue weighted by Crippen LogP contribution is 2.71. The van der Waals surface area contributed by atoms with Gasteiger partial charge in [0.05, 0.1) is 19.4 Å². The summed E-state index contributed by atoms with van der Waals surface area (Å²) in [6.45, 7) is 6.01. The number of amides is 1. The lowest BCUT2D eigenvalue weighted by atomic mass is 9.90. The summed E-state index contributed by atoms with van der Waals surface area (Å²) in [5.41, 5.74) is 0.992. The number of hydrogen-bond donors (Lipinski definition) is 0. The molecule has 3 aliphatic carbocycles. The number of carbonyl (C=O) groups excluding carboxylic acids is 1. The van der Waals surface area contributed by atoms with Crippen LogP contribution < -0.4 is 0 Å². The molecule has 2 saturated carbocycles. The zero-order valence-electron chi connectivity index (χ0n) is 15.3. The highest BCUT2D eigenvalue weighted by atomic mass is 19.1. The molecule has 0 aromatic heterocycles. The fourth-order valence-corrected chi connectivity index (χ4v) is 4.75. The molecule has 4 nitrogen and oxygen atoms in total. The van der Waals surface area contributed by atoms with E-state index in [0.717, 1.165) is 31.3 Å². The minimum absolute atomic E-state index is 0.0274. The largest absolute Gasteiger partial charge is 0.444 e. The topological polar surface area (TPSA) is 38.8 Å². The van der Waals surface area contributed by atoms with Gasteiger partial charge in [-0.25, -0.2) is 4.79 Å². The average molecular weight is 349 g/mol. The molecular formula is C20H28FNO3. The van der Waals surface area contributed by atoms with Crippen molar-refractivity contribution in [1.82, 2.24) is 4.90 Å². The van der Waals surface area contributed by atoms with E-state index in [1.807, 2.05) is 37.8 Å². The van der Waals surface area contributed by atoms with Gasteiger partial charge >= 0.3 is 6.09 Å². The smallest absolute Gasteiger partial charge is 0.410 e. The van der Waals surface area contributed by atoms with E-state index in [2.05, 4.69) is 6.08 Å². The minimum Gasteiger partial charge on any atom is -0.444 e. The lowest BCUT2D eigenvalue weighted by Crippen LogP contribution is -2.57. The van der Waals surface area contributed by atoms with Crippen molar-refractivity contribution in [3.05, 3.63) is 23.8 Å². The maximum atomic E-state index is 12.6. The van der Waals surface area contributed by atoms with Crippen LogP contribution in [0, 0.1) is 11.3 Å². The third-order valence-electron chi connectivity index (χ3n) is 6.06. The van der Waals surface area contributed by atoms with Crippen molar-refractivity contribution < 1.29 is 18.7 Å². The van der Waals surface area contributed by atoms with Crippen molar-refractivity contribution in [3.63, 3.8) is 0 Å². The van der Waals surface area contributed by atoms with E-state index in [1.165, 1.54) is 0 Å². The molecule has 0 aromatic rings. The maximum absolute atomic E-state index is 12.6. The molecule has 1 aliphatic heterocycles. The number of rotatable bonds is 4. The molecule has 4 aliphatic rings. The van der Waals surface area contributed by atoms with Gasteiger partial charge in [0.25, 0.3) is 0 Å². The second-order valence-electron chi connectivity index (χ2n) is 9.02. The number of halogens is 1. The zero-order valence-corrected chi connectivity index (χ0v) is 15.3. The lowest BCUT2D eigenvalue weighted by molar-refractivity contribution is -0.0223. The second-order valence-corrected chi connectivity index (χ2v) is 9.02. The van der Waals surface area contributed by atoms with Gasteiger partial charge in [0.1, 0.15) is 5.60 Å². The van der Waals surface area contributed by atoms with Gasteiger partial charge in [-0.3, -0.25) is 4.39 Å². The first-order valence-electron chi connectivity index (χ1n) is 9.38. The molecule has 0 aromatic carbocycles. The van der Waals surface area contributed by atoms with Gasteiger partial charge in [-0.2, -0.15) is 0 Å². The van der Waals surface area contributed by atoms with Crippen molar-refractivity contribution in [1.29, 1.82) is 0 Å². The van der Waals surface area contributed by atoms with Crippen LogP contribution in [0.3, 0.4) is 0 Å². The number of hydrogen-bond acceptors (Lipinski definition) is 3. The number of likely N-dealkylation sites (tertiary alicyclic amines) is 1. The van der Waals surface area contributed by atoms with E-state index in [1.54, 1.807) is 0 Å². The molecule has 1 spiro atoms. The summed E-state index contributed by atoms with van der Waals surface area (Å²) in [6, 6.07) is 0.643. The van der Waals surface area contributed by atoms with Crippen LogP contribution in [0.1, 0.15) is 46.5 Å². The van der Waals surface area contributed by atoms with Crippen LogP contribution in [-0.2, 0) is 9.47 Å². The van der Waals surface area contributed by atoms with E-state index in [9.17, 15) is 9.18 Å². The monoisotopic (exact) mass is 349 g/mol. The predicted molar refractivity (Wildman–Crippen MR) is 93.0 cm³/mol. The van der Waals surface area contributed by atoms with Gasteiger partial charge in [0, 0.05) is 23.4 Å². The molecule has 4 rings (SSSR count). The Morgan fingerprint density at radius 2 is 2.16 bits per heavy atom. The Morgan fingerprint density at radius 3 is 2.80 bits per heavy atom. The molecular weight excluding hydrogens is 321 g/mol. The molecule has 138 valence electrons. The fraction of sp³-hybridized carbons (Fsp3) is 0.750. The summed E-state index contributed by atoms with van der Waals surface area (Å²) < 4.78 is 24.3. The van der Waals surface area contributed by atoms with Crippen LogP contribution in [0.5, 0.6) is 0 Å². The van der Waals surface area contributed by atoms with E-state index >= 15 is 0 Å². The Labute approximate surface area is 149 Å². The quantitative estimate of drug-likeness (QED) is 0.770. The molecule has 0 N–H and O–H groups in total. The molecule has 25 heavy (non-hydrogen) atoms. The molecule has 1 amide bonds. The van der Waals surface area contributed by atoms with Crippen molar-refractivity contribution in [2.45, 2.75) is 70.2 Å². The van der Waals surface area contributed by atoms with Gasteiger partial charge < -0.3 is 14.4 Å². The summed E-state index contributed by atoms with van der Waals surface area (Å²) in [5, 5.41) is 0.